The minimum absolute atomic E-state index is 0.769. The SMILES string of the molecule is Cc1ccc(Cl)cc1[Si]. The van der Waals surface area contributed by atoms with Crippen LogP contribution in [0.1, 0.15) is 5.56 Å². The molecule has 0 saturated heterocycles. The first kappa shape index (κ1) is 6.84. The van der Waals surface area contributed by atoms with Crippen molar-refractivity contribution in [2.75, 3.05) is 0 Å². The van der Waals surface area contributed by atoms with E-state index in [0.29, 0.717) is 0 Å². The lowest BCUT2D eigenvalue weighted by Crippen LogP contribution is -2.05. The van der Waals surface area contributed by atoms with Crippen LogP contribution in [0.15, 0.2) is 18.2 Å². The quantitative estimate of drug-likeness (QED) is 0.495. The van der Waals surface area contributed by atoms with Gasteiger partial charge in [0.1, 0.15) is 0 Å². The zero-order valence-electron chi connectivity index (χ0n) is 5.11. The van der Waals surface area contributed by atoms with Gasteiger partial charge in [-0.1, -0.05) is 28.4 Å². The zero-order valence-corrected chi connectivity index (χ0v) is 6.87. The standard InChI is InChI=1S/C7H6ClSi/c1-5-2-3-6(8)4-7(5)9/h2-4H,1H3. The molecule has 45 valence electrons. The Morgan fingerprint density at radius 3 is 2.56 bits per heavy atom. The summed E-state index contributed by atoms with van der Waals surface area (Å²) in [4.78, 5) is 0. The van der Waals surface area contributed by atoms with Crippen molar-refractivity contribution in [2.24, 2.45) is 0 Å². The van der Waals surface area contributed by atoms with E-state index in [1.807, 2.05) is 25.1 Å². The molecular formula is C7H6ClSi. The number of benzene rings is 1. The zero-order chi connectivity index (χ0) is 6.85. The van der Waals surface area contributed by atoms with Crippen LogP contribution in [0.5, 0.6) is 0 Å². The molecule has 0 saturated carbocycles. The van der Waals surface area contributed by atoms with Crippen LogP contribution in [-0.2, 0) is 0 Å². The number of hydrogen-bond acceptors (Lipinski definition) is 0. The lowest BCUT2D eigenvalue weighted by atomic mass is 10.2. The highest BCUT2D eigenvalue weighted by molar-refractivity contribution is 6.36. The van der Waals surface area contributed by atoms with Crippen molar-refractivity contribution in [3.8, 4) is 0 Å². The van der Waals surface area contributed by atoms with E-state index in [2.05, 4.69) is 10.2 Å². The van der Waals surface area contributed by atoms with Gasteiger partial charge in [0.05, 0.1) is 10.2 Å². The maximum Gasteiger partial charge on any atom is 0.0716 e. The number of rotatable bonds is 0. The Morgan fingerprint density at radius 1 is 1.44 bits per heavy atom. The Labute approximate surface area is 63.3 Å². The summed E-state index contributed by atoms with van der Waals surface area (Å²) in [5.41, 5.74) is 1.20. The second-order valence-corrected chi connectivity index (χ2v) is 2.93. The van der Waals surface area contributed by atoms with Crippen LogP contribution in [0.2, 0.25) is 5.02 Å². The highest BCUT2D eigenvalue weighted by Crippen LogP contribution is 2.05. The molecule has 0 aromatic heterocycles. The van der Waals surface area contributed by atoms with Crippen molar-refractivity contribution in [3.63, 3.8) is 0 Å². The van der Waals surface area contributed by atoms with Gasteiger partial charge in [-0.3, -0.25) is 0 Å². The predicted molar refractivity (Wildman–Crippen MR) is 41.6 cm³/mol. The number of halogens is 1. The highest BCUT2D eigenvalue weighted by atomic mass is 35.5. The third kappa shape index (κ3) is 1.56. The third-order valence-electron chi connectivity index (χ3n) is 1.20. The van der Waals surface area contributed by atoms with Gasteiger partial charge in [0.25, 0.3) is 0 Å². The maximum atomic E-state index is 5.69. The van der Waals surface area contributed by atoms with E-state index in [4.69, 9.17) is 11.6 Å². The van der Waals surface area contributed by atoms with E-state index < -0.39 is 0 Å². The van der Waals surface area contributed by atoms with Crippen molar-refractivity contribution >= 4 is 27.0 Å². The van der Waals surface area contributed by atoms with E-state index in [-0.39, 0.29) is 0 Å². The molecule has 0 atom stereocenters. The first-order valence-electron chi connectivity index (χ1n) is 2.68. The average molecular weight is 154 g/mol. The van der Waals surface area contributed by atoms with Crippen LogP contribution < -0.4 is 5.19 Å². The minimum atomic E-state index is 0.769. The summed E-state index contributed by atoms with van der Waals surface area (Å²) in [7, 11) is 3.41. The largest absolute Gasteiger partial charge is 0.0843 e. The molecular weight excluding hydrogens is 148 g/mol. The second kappa shape index (κ2) is 2.54. The summed E-state index contributed by atoms with van der Waals surface area (Å²) < 4.78 is 0. The Balaban J connectivity index is 3.17. The summed E-state index contributed by atoms with van der Waals surface area (Å²) in [6.07, 6.45) is 0. The molecule has 0 fully saturated rings. The Kier molecular flexibility index (Phi) is 1.93. The van der Waals surface area contributed by atoms with E-state index in [0.717, 1.165) is 10.2 Å². The van der Waals surface area contributed by atoms with E-state index in [9.17, 15) is 0 Å². The molecule has 9 heavy (non-hydrogen) atoms. The van der Waals surface area contributed by atoms with Crippen LogP contribution in [0.3, 0.4) is 0 Å². The first-order valence-corrected chi connectivity index (χ1v) is 3.55. The van der Waals surface area contributed by atoms with Gasteiger partial charge in [0.15, 0.2) is 0 Å². The predicted octanol–water partition coefficient (Wildman–Crippen LogP) is 1.44. The number of hydrogen-bond donors (Lipinski definition) is 0. The van der Waals surface area contributed by atoms with Gasteiger partial charge in [-0.25, -0.2) is 0 Å². The van der Waals surface area contributed by atoms with Crippen molar-refractivity contribution < 1.29 is 0 Å². The fourth-order valence-electron chi connectivity index (χ4n) is 0.594. The summed E-state index contributed by atoms with van der Waals surface area (Å²) in [5, 5.41) is 1.83. The normalized spacial score (nSPS) is 9.67. The molecule has 0 aliphatic heterocycles. The Morgan fingerprint density at radius 2 is 2.11 bits per heavy atom. The molecule has 0 unspecified atom stereocenters. The first-order chi connectivity index (χ1) is 4.20. The van der Waals surface area contributed by atoms with Gasteiger partial charge >= 0.3 is 0 Å². The molecule has 3 radical (unpaired) electrons. The van der Waals surface area contributed by atoms with Crippen molar-refractivity contribution in [2.45, 2.75) is 6.92 Å². The van der Waals surface area contributed by atoms with Crippen LogP contribution in [0, 0.1) is 6.92 Å². The smallest absolute Gasteiger partial charge is 0.0716 e. The molecule has 0 N–H and O–H groups in total. The lowest BCUT2D eigenvalue weighted by Gasteiger charge is -1.96. The molecule has 0 spiro atoms. The highest BCUT2D eigenvalue weighted by Gasteiger charge is 1.90. The van der Waals surface area contributed by atoms with Gasteiger partial charge in [-0.15, -0.1) is 0 Å². The molecule has 0 aliphatic carbocycles. The van der Waals surface area contributed by atoms with Gasteiger partial charge in [0.2, 0.25) is 0 Å². The molecule has 1 aromatic rings. The monoisotopic (exact) mass is 153 g/mol. The van der Waals surface area contributed by atoms with Crippen molar-refractivity contribution in [1.29, 1.82) is 0 Å². The van der Waals surface area contributed by atoms with Crippen molar-refractivity contribution in [3.05, 3.63) is 28.8 Å². The summed E-state index contributed by atoms with van der Waals surface area (Å²) in [6, 6.07) is 5.74. The van der Waals surface area contributed by atoms with Crippen LogP contribution in [0.4, 0.5) is 0 Å². The summed E-state index contributed by atoms with van der Waals surface area (Å²) >= 11 is 5.69. The van der Waals surface area contributed by atoms with Gasteiger partial charge in [0, 0.05) is 5.02 Å². The summed E-state index contributed by atoms with van der Waals surface area (Å²) in [6.45, 7) is 2.03. The van der Waals surface area contributed by atoms with Crippen LogP contribution in [0.25, 0.3) is 0 Å². The van der Waals surface area contributed by atoms with Crippen LogP contribution >= 0.6 is 11.6 Å². The fraction of sp³-hybridized carbons (Fsp3) is 0.143. The topological polar surface area (TPSA) is 0 Å². The molecule has 0 amide bonds. The fourth-order valence-corrected chi connectivity index (χ4v) is 1.10. The van der Waals surface area contributed by atoms with Gasteiger partial charge < -0.3 is 0 Å². The molecule has 0 bridgehead atoms. The Bertz CT molecular complexity index is 220. The molecule has 1 rings (SSSR count). The molecule has 0 aliphatic rings. The second-order valence-electron chi connectivity index (χ2n) is 1.96. The molecule has 1 aromatic carbocycles. The lowest BCUT2D eigenvalue weighted by molar-refractivity contribution is 1.52. The minimum Gasteiger partial charge on any atom is -0.0843 e. The van der Waals surface area contributed by atoms with E-state index >= 15 is 0 Å². The number of aryl methyl sites for hydroxylation is 1. The van der Waals surface area contributed by atoms with E-state index in [1.165, 1.54) is 5.56 Å². The third-order valence-corrected chi connectivity index (χ3v) is 1.97. The maximum absolute atomic E-state index is 5.69. The van der Waals surface area contributed by atoms with E-state index in [1.54, 1.807) is 0 Å². The Hall–Kier alpha value is -0.273. The van der Waals surface area contributed by atoms with Gasteiger partial charge in [-0.2, -0.15) is 0 Å². The summed E-state index contributed by atoms with van der Waals surface area (Å²) in [5.74, 6) is 0. The van der Waals surface area contributed by atoms with Gasteiger partial charge in [-0.05, 0) is 19.1 Å². The van der Waals surface area contributed by atoms with Crippen molar-refractivity contribution in [1.82, 2.24) is 0 Å². The average Bonchev–Trinajstić information content (AvgIpc) is 1.80. The van der Waals surface area contributed by atoms with Crippen LogP contribution in [-0.4, -0.2) is 10.2 Å². The molecule has 0 nitrogen and oxygen atoms in total. The molecule has 2 heteroatoms. The molecule has 0 heterocycles.